The van der Waals surface area contributed by atoms with Crippen LogP contribution in [0.15, 0.2) is 18.5 Å². The minimum absolute atomic E-state index is 0.00859. The van der Waals surface area contributed by atoms with Crippen molar-refractivity contribution in [2.75, 3.05) is 31.7 Å². The number of fused-ring (bicyclic) bond motifs is 1. The van der Waals surface area contributed by atoms with Crippen molar-refractivity contribution in [2.24, 2.45) is 13.0 Å². The van der Waals surface area contributed by atoms with Crippen LogP contribution < -0.4 is 10.1 Å². The van der Waals surface area contributed by atoms with Gasteiger partial charge in [0.15, 0.2) is 0 Å². The van der Waals surface area contributed by atoms with Gasteiger partial charge in [-0.25, -0.2) is 4.98 Å². The number of ether oxygens (including phenoxy) is 3. The lowest BCUT2D eigenvalue weighted by molar-refractivity contribution is -0.0812. The molecule has 0 aromatic carbocycles. The number of hydrogen-bond acceptors (Lipinski definition) is 8. The largest absolute Gasteiger partial charge is 0.467 e. The predicted octanol–water partition coefficient (Wildman–Crippen LogP) is 2.16. The molecule has 3 aromatic heterocycles. The smallest absolute Gasteiger partial charge is 0.257 e. The molecular formula is C20H23N7O3. The fourth-order valence-corrected chi connectivity index (χ4v) is 3.94. The van der Waals surface area contributed by atoms with E-state index in [9.17, 15) is 5.26 Å². The highest BCUT2D eigenvalue weighted by Crippen LogP contribution is 2.33. The molecule has 156 valence electrons. The monoisotopic (exact) mass is 409 g/mol. The van der Waals surface area contributed by atoms with E-state index in [2.05, 4.69) is 28.4 Å². The summed E-state index contributed by atoms with van der Waals surface area (Å²) in [6.07, 6.45) is 4.41. The summed E-state index contributed by atoms with van der Waals surface area (Å²) in [7, 11) is 1.83. The van der Waals surface area contributed by atoms with Crippen molar-refractivity contribution in [1.29, 1.82) is 5.26 Å². The maximum Gasteiger partial charge on any atom is 0.257 e. The highest BCUT2D eigenvalue weighted by molar-refractivity contribution is 5.79. The first-order valence-corrected chi connectivity index (χ1v) is 10.0. The van der Waals surface area contributed by atoms with Crippen LogP contribution in [-0.2, 0) is 16.5 Å². The van der Waals surface area contributed by atoms with Gasteiger partial charge in [-0.05, 0) is 12.5 Å². The van der Waals surface area contributed by atoms with Gasteiger partial charge in [0.05, 0.1) is 26.0 Å². The third-order valence-corrected chi connectivity index (χ3v) is 5.54. The molecule has 0 saturated carbocycles. The molecule has 10 nitrogen and oxygen atoms in total. The second kappa shape index (κ2) is 7.59. The summed E-state index contributed by atoms with van der Waals surface area (Å²) in [6, 6.07) is 4.31. The van der Waals surface area contributed by atoms with Gasteiger partial charge in [0, 0.05) is 37.2 Å². The SMILES string of the molecule is C[C@H]1COCC[C@H]1n1c(C#N)cc2cnc(Nc3cn(C)nc3OC3COC3)nc21. The summed E-state index contributed by atoms with van der Waals surface area (Å²) in [5.74, 6) is 1.20. The minimum atomic E-state index is 0.00859. The van der Waals surface area contributed by atoms with Crippen molar-refractivity contribution < 1.29 is 14.2 Å². The van der Waals surface area contributed by atoms with E-state index in [1.807, 2.05) is 23.9 Å². The van der Waals surface area contributed by atoms with Crippen LogP contribution in [0.4, 0.5) is 11.6 Å². The third-order valence-electron chi connectivity index (χ3n) is 5.54. The minimum Gasteiger partial charge on any atom is -0.467 e. The number of rotatable bonds is 5. The molecule has 0 radical (unpaired) electrons. The number of anilines is 2. The van der Waals surface area contributed by atoms with Crippen LogP contribution in [0, 0.1) is 17.2 Å². The van der Waals surface area contributed by atoms with E-state index in [-0.39, 0.29) is 18.1 Å². The van der Waals surface area contributed by atoms with Gasteiger partial charge in [0.2, 0.25) is 5.95 Å². The average molecular weight is 409 g/mol. The molecule has 2 saturated heterocycles. The van der Waals surface area contributed by atoms with Crippen LogP contribution in [0.5, 0.6) is 5.88 Å². The fraction of sp³-hybridized carbons (Fsp3) is 0.500. The number of aryl methyl sites for hydroxylation is 1. The Morgan fingerprint density at radius 3 is 2.90 bits per heavy atom. The number of nitriles is 1. The quantitative estimate of drug-likeness (QED) is 0.682. The van der Waals surface area contributed by atoms with Crippen LogP contribution in [-0.4, -0.2) is 56.8 Å². The van der Waals surface area contributed by atoms with Gasteiger partial charge in [-0.1, -0.05) is 6.92 Å². The van der Waals surface area contributed by atoms with E-state index in [0.717, 1.165) is 17.5 Å². The molecule has 5 heterocycles. The summed E-state index contributed by atoms with van der Waals surface area (Å²) in [6.45, 7) is 4.61. The van der Waals surface area contributed by atoms with Crippen LogP contribution in [0.25, 0.3) is 11.0 Å². The zero-order valence-corrected chi connectivity index (χ0v) is 16.9. The molecule has 30 heavy (non-hydrogen) atoms. The lowest BCUT2D eigenvalue weighted by Crippen LogP contribution is -2.38. The fourth-order valence-electron chi connectivity index (χ4n) is 3.94. The van der Waals surface area contributed by atoms with Crippen molar-refractivity contribution in [1.82, 2.24) is 24.3 Å². The summed E-state index contributed by atoms with van der Waals surface area (Å²) < 4.78 is 20.3. The maximum absolute atomic E-state index is 9.69. The van der Waals surface area contributed by atoms with E-state index >= 15 is 0 Å². The Morgan fingerprint density at radius 2 is 2.17 bits per heavy atom. The van der Waals surface area contributed by atoms with E-state index < -0.39 is 0 Å². The highest BCUT2D eigenvalue weighted by Gasteiger charge is 2.28. The molecule has 2 aliphatic rings. The molecule has 2 atom stereocenters. The first-order valence-electron chi connectivity index (χ1n) is 10.0. The van der Waals surface area contributed by atoms with Gasteiger partial charge in [-0.2, -0.15) is 10.2 Å². The lowest BCUT2D eigenvalue weighted by atomic mass is 9.97. The second-order valence-electron chi connectivity index (χ2n) is 7.82. The zero-order chi connectivity index (χ0) is 20.7. The van der Waals surface area contributed by atoms with Gasteiger partial charge in [-0.3, -0.25) is 4.68 Å². The molecule has 0 amide bonds. The summed E-state index contributed by atoms with van der Waals surface area (Å²) >= 11 is 0. The van der Waals surface area contributed by atoms with Gasteiger partial charge < -0.3 is 24.1 Å². The summed E-state index contributed by atoms with van der Waals surface area (Å²) in [4.78, 5) is 9.18. The van der Waals surface area contributed by atoms with Crippen molar-refractivity contribution in [3.63, 3.8) is 0 Å². The van der Waals surface area contributed by atoms with E-state index in [0.29, 0.717) is 49.6 Å². The molecule has 2 aliphatic heterocycles. The Bertz CT molecular complexity index is 1110. The Labute approximate surface area is 173 Å². The summed E-state index contributed by atoms with van der Waals surface area (Å²) in [5, 5.41) is 18.1. The molecule has 0 bridgehead atoms. The first kappa shape index (κ1) is 18.8. The predicted molar refractivity (Wildman–Crippen MR) is 108 cm³/mol. The molecular weight excluding hydrogens is 386 g/mol. The molecule has 1 N–H and O–H groups in total. The molecule has 0 unspecified atom stereocenters. The van der Waals surface area contributed by atoms with Crippen LogP contribution >= 0.6 is 0 Å². The Hall–Kier alpha value is -3.16. The standard InChI is InChI=1S/C20H23N7O3/c1-12-9-28-4-3-17(12)27-14(6-21)5-13-7-22-20(24-18(13)27)23-16-8-26(2)25-19(16)30-15-10-29-11-15/h5,7-8,12,15,17H,3-4,9-11H2,1-2H3,(H,22,23,24)/t12-,17+/m0/s1. The van der Waals surface area contributed by atoms with E-state index in [1.165, 1.54) is 0 Å². The molecule has 5 rings (SSSR count). The van der Waals surface area contributed by atoms with Crippen molar-refractivity contribution in [3.8, 4) is 11.9 Å². The zero-order valence-electron chi connectivity index (χ0n) is 16.9. The van der Waals surface area contributed by atoms with Crippen LogP contribution in [0.3, 0.4) is 0 Å². The van der Waals surface area contributed by atoms with E-state index in [4.69, 9.17) is 19.2 Å². The Kier molecular flexibility index (Phi) is 4.77. The van der Waals surface area contributed by atoms with Gasteiger partial charge >= 0.3 is 0 Å². The normalized spacial score (nSPS) is 21.9. The Morgan fingerprint density at radius 1 is 1.30 bits per heavy atom. The molecule has 0 spiro atoms. The van der Waals surface area contributed by atoms with E-state index in [1.54, 1.807) is 10.9 Å². The second-order valence-corrected chi connectivity index (χ2v) is 7.82. The first-order chi connectivity index (χ1) is 14.6. The van der Waals surface area contributed by atoms with Gasteiger partial charge in [-0.15, -0.1) is 5.10 Å². The summed E-state index contributed by atoms with van der Waals surface area (Å²) in [5.41, 5.74) is 2.01. The van der Waals surface area contributed by atoms with Gasteiger partial charge in [0.25, 0.3) is 5.88 Å². The molecule has 0 aliphatic carbocycles. The molecule has 2 fully saturated rings. The average Bonchev–Trinajstić information content (AvgIpc) is 3.24. The number of hydrogen-bond donors (Lipinski definition) is 1. The molecule has 3 aromatic rings. The van der Waals surface area contributed by atoms with Crippen molar-refractivity contribution >= 4 is 22.7 Å². The van der Waals surface area contributed by atoms with Crippen LogP contribution in [0.2, 0.25) is 0 Å². The topological polar surface area (TPSA) is 112 Å². The maximum atomic E-state index is 9.69. The Balaban J connectivity index is 1.49. The molecule has 10 heteroatoms. The van der Waals surface area contributed by atoms with Crippen molar-refractivity contribution in [3.05, 3.63) is 24.2 Å². The van der Waals surface area contributed by atoms with Gasteiger partial charge in [0.1, 0.15) is 29.2 Å². The highest BCUT2D eigenvalue weighted by atomic mass is 16.6. The third kappa shape index (κ3) is 3.36. The van der Waals surface area contributed by atoms with Crippen LogP contribution in [0.1, 0.15) is 25.1 Å². The number of aromatic nitrogens is 5. The van der Waals surface area contributed by atoms with Crippen molar-refractivity contribution in [2.45, 2.75) is 25.5 Å². The lowest BCUT2D eigenvalue weighted by Gasteiger charge is -2.31. The number of nitrogens with one attached hydrogen (secondary N) is 1. The number of nitrogens with zero attached hydrogens (tertiary/aromatic N) is 6.